The minimum absolute atomic E-state index is 0.128. The van der Waals surface area contributed by atoms with Gasteiger partial charge in [-0.2, -0.15) is 0 Å². The molecular weight excluding hydrogens is 450 g/mol. The highest BCUT2D eigenvalue weighted by atomic mass is 79.9. The Bertz CT molecular complexity index is 1180. The van der Waals surface area contributed by atoms with Crippen molar-refractivity contribution in [2.75, 3.05) is 12.4 Å². The van der Waals surface area contributed by atoms with E-state index in [0.29, 0.717) is 16.9 Å². The summed E-state index contributed by atoms with van der Waals surface area (Å²) in [5.41, 5.74) is 1.36. The Morgan fingerprint density at radius 1 is 1.07 bits per heavy atom. The largest absolute Gasteiger partial charge is 0.464 e. The maximum atomic E-state index is 13.1. The molecule has 0 fully saturated rings. The molecule has 1 aromatic heterocycles. The van der Waals surface area contributed by atoms with Crippen LogP contribution in [0.4, 0.5) is 5.69 Å². The number of carbonyl (C=O) groups excluding carboxylic acids is 2. The predicted octanol–water partition coefficient (Wildman–Crippen LogP) is 3.60. The zero-order valence-electron chi connectivity index (χ0n) is 16.7. The highest BCUT2D eigenvalue weighted by Gasteiger charge is 2.21. The number of ketones is 1. The molecule has 2 aromatic carbocycles. The molecule has 30 heavy (non-hydrogen) atoms. The number of methoxy groups -OCH3 is 1. The first-order valence-electron chi connectivity index (χ1n) is 9.04. The number of ether oxygens (including phenoxy) is 1. The van der Waals surface area contributed by atoms with E-state index in [4.69, 9.17) is 4.74 Å². The van der Waals surface area contributed by atoms with Crippen LogP contribution < -0.4 is 10.9 Å². The number of rotatable bonds is 6. The van der Waals surface area contributed by atoms with Crippen molar-refractivity contribution >= 4 is 33.4 Å². The van der Waals surface area contributed by atoms with Crippen molar-refractivity contribution in [2.24, 2.45) is 7.05 Å². The summed E-state index contributed by atoms with van der Waals surface area (Å²) in [6, 6.07) is 15.8. The first-order valence-corrected chi connectivity index (χ1v) is 9.83. The van der Waals surface area contributed by atoms with Crippen LogP contribution in [0, 0.1) is 6.92 Å². The second-order valence-corrected chi connectivity index (χ2v) is 7.40. The van der Waals surface area contributed by atoms with Gasteiger partial charge in [-0.1, -0.05) is 34.1 Å². The fourth-order valence-corrected chi connectivity index (χ4v) is 3.20. The maximum Gasteiger partial charge on any atom is 0.354 e. The number of nitrogens with one attached hydrogen (secondary N) is 1. The monoisotopic (exact) mass is 469 g/mol. The minimum Gasteiger partial charge on any atom is -0.464 e. The predicted molar refractivity (Wildman–Crippen MR) is 118 cm³/mol. The van der Waals surface area contributed by atoms with Crippen LogP contribution in [0.3, 0.4) is 0 Å². The van der Waals surface area contributed by atoms with Gasteiger partial charge in [0.25, 0.3) is 5.56 Å². The quantitative estimate of drug-likeness (QED) is 0.338. The molecule has 0 saturated carbocycles. The van der Waals surface area contributed by atoms with Crippen molar-refractivity contribution < 1.29 is 14.3 Å². The lowest BCUT2D eigenvalue weighted by Crippen LogP contribution is -2.22. The zero-order valence-corrected chi connectivity index (χ0v) is 18.3. The van der Waals surface area contributed by atoms with E-state index in [2.05, 4.69) is 21.2 Å². The number of hydrogen-bond donors (Lipinski definition) is 1. The van der Waals surface area contributed by atoms with Gasteiger partial charge in [0.1, 0.15) is 11.4 Å². The summed E-state index contributed by atoms with van der Waals surface area (Å²) in [6.07, 6.45) is 1.13. The zero-order chi connectivity index (χ0) is 21.8. The summed E-state index contributed by atoms with van der Waals surface area (Å²) in [4.78, 5) is 38.0. The number of nitrogens with zero attached hydrogens (tertiary/aromatic N) is 2. The molecule has 1 N–H and O–H groups in total. The van der Waals surface area contributed by atoms with Crippen molar-refractivity contribution in [3.8, 4) is 5.69 Å². The van der Waals surface area contributed by atoms with Crippen molar-refractivity contribution in [3.63, 3.8) is 0 Å². The summed E-state index contributed by atoms with van der Waals surface area (Å²) in [5.74, 6) is -1.15. The Labute approximate surface area is 181 Å². The molecule has 0 spiro atoms. The van der Waals surface area contributed by atoms with Crippen LogP contribution in [0.15, 0.2) is 75.6 Å². The highest BCUT2D eigenvalue weighted by Crippen LogP contribution is 2.17. The third-order valence-corrected chi connectivity index (χ3v) is 5.15. The van der Waals surface area contributed by atoms with Gasteiger partial charge >= 0.3 is 5.97 Å². The van der Waals surface area contributed by atoms with Crippen LogP contribution in [-0.4, -0.2) is 28.2 Å². The van der Waals surface area contributed by atoms with E-state index in [1.807, 2.05) is 18.2 Å². The van der Waals surface area contributed by atoms with Crippen LogP contribution in [0.1, 0.15) is 16.1 Å². The Morgan fingerprint density at radius 2 is 1.70 bits per heavy atom. The van der Waals surface area contributed by atoms with Crippen LogP contribution in [-0.2, 0) is 16.6 Å². The molecule has 3 aromatic rings. The molecule has 0 atom stereocenters. The first-order chi connectivity index (χ1) is 14.3. The molecule has 0 saturated heterocycles. The standard InChI is InChI=1S/C22H20BrN3O4/c1-14-20(21(28)26(25(14)2)17-7-5-4-6-8-17)24-18(22(29)30-3)13-19(27)15-9-11-16(23)12-10-15/h4-13,24H,1-3H3. The highest BCUT2D eigenvalue weighted by molar-refractivity contribution is 9.10. The second kappa shape index (κ2) is 8.96. The van der Waals surface area contributed by atoms with Crippen molar-refractivity contribution in [1.29, 1.82) is 0 Å². The molecule has 1 heterocycles. The van der Waals surface area contributed by atoms with Gasteiger partial charge < -0.3 is 10.1 Å². The van der Waals surface area contributed by atoms with Gasteiger partial charge in [0.05, 0.1) is 18.5 Å². The molecule has 7 nitrogen and oxygen atoms in total. The maximum absolute atomic E-state index is 13.1. The topological polar surface area (TPSA) is 82.3 Å². The second-order valence-electron chi connectivity index (χ2n) is 6.48. The van der Waals surface area contributed by atoms with E-state index in [-0.39, 0.29) is 16.9 Å². The van der Waals surface area contributed by atoms with Crippen molar-refractivity contribution in [2.45, 2.75) is 6.92 Å². The third-order valence-electron chi connectivity index (χ3n) is 4.62. The van der Waals surface area contributed by atoms with Crippen molar-refractivity contribution in [1.82, 2.24) is 9.36 Å². The van der Waals surface area contributed by atoms with Gasteiger partial charge in [-0.15, -0.1) is 0 Å². The van der Waals surface area contributed by atoms with Crippen LogP contribution in [0.5, 0.6) is 0 Å². The summed E-state index contributed by atoms with van der Waals surface area (Å²) in [7, 11) is 2.95. The van der Waals surface area contributed by atoms with Crippen molar-refractivity contribution in [3.05, 3.63) is 92.5 Å². The lowest BCUT2D eigenvalue weighted by molar-refractivity contribution is -0.135. The molecule has 0 bridgehead atoms. The van der Waals surface area contributed by atoms with E-state index in [1.54, 1.807) is 55.1 Å². The van der Waals surface area contributed by atoms with Gasteiger partial charge in [0, 0.05) is 23.2 Å². The Kier molecular flexibility index (Phi) is 6.37. The molecule has 0 radical (unpaired) electrons. The van der Waals surface area contributed by atoms with Gasteiger partial charge in [0.2, 0.25) is 0 Å². The van der Waals surface area contributed by atoms with E-state index in [0.717, 1.165) is 10.5 Å². The number of anilines is 1. The van der Waals surface area contributed by atoms with E-state index >= 15 is 0 Å². The first kappa shape index (κ1) is 21.3. The lowest BCUT2D eigenvalue weighted by atomic mass is 10.1. The smallest absolute Gasteiger partial charge is 0.354 e. The molecule has 0 aliphatic rings. The molecule has 3 rings (SSSR count). The number of halogens is 1. The van der Waals surface area contributed by atoms with Crippen LogP contribution >= 0.6 is 15.9 Å². The SMILES string of the molecule is COC(=O)C(=CC(=O)c1ccc(Br)cc1)Nc1c(C)n(C)n(-c2ccccc2)c1=O. The van der Waals surface area contributed by atoms with Gasteiger partial charge in [-0.25, -0.2) is 9.48 Å². The lowest BCUT2D eigenvalue weighted by Gasteiger charge is -2.08. The van der Waals surface area contributed by atoms with Gasteiger partial charge in [0.15, 0.2) is 5.78 Å². The number of carbonyl (C=O) groups is 2. The minimum atomic E-state index is -0.755. The van der Waals surface area contributed by atoms with E-state index in [9.17, 15) is 14.4 Å². The summed E-state index contributed by atoms with van der Waals surface area (Å²) >= 11 is 3.32. The Balaban J connectivity index is 2.02. The average Bonchev–Trinajstić information content (AvgIpc) is 2.96. The van der Waals surface area contributed by atoms with E-state index < -0.39 is 11.8 Å². The number of esters is 1. The molecular formula is C22H20BrN3O4. The number of allylic oxidation sites excluding steroid dienone is 1. The Morgan fingerprint density at radius 3 is 2.30 bits per heavy atom. The van der Waals surface area contributed by atoms with E-state index in [1.165, 1.54) is 11.8 Å². The fourth-order valence-electron chi connectivity index (χ4n) is 2.93. The number of aromatic nitrogens is 2. The number of hydrogen-bond acceptors (Lipinski definition) is 5. The number of para-hydroxylation sites is 1. The molecule has 8 heteroatoms. The molecule has 154 valence electrons. The Hall–Kier alpha value is -3.39. The normalized spacial score (nSPS) is 11.3. The molecule has 0 unspecified atom stereocenters. The fraction of sp³-hybridized carbons (Fsp3) is 0.136. The molecule has 0 aliphatic heterocycles. The van der Waals surface area contributed by atoms with Crippen LogP contribution in [0.25, 0.3) is 5.69 Å². The summed E-state index contributed by atoms with van der Waals surface area (Å²) in [5, 5.41) is 2.81. The van der Waals surface area contributed by atoms with Gasteiger partial charge in [-0.05, 0) is 43.3 Å². The summed E-state index contributed by atoms with van der Waals surface area (Å²) < 4.78 is 8.77. The third kappa shape index (κ3) is 4.28. The molecule has 0 amide bonds. The summed E-state index contributed by atoms with van der Waals surface area (Å²) in [6.45, 7) is 1.74. The molecule has 0 aliphatic carbocycles. The van der Waals surface area contributed by atoms with Gasteiger partial charge in [-0.3, -0.25) is 14.3 Å². The van der Waals surface area contributed by atoms with Crippen LogP contribution in [0.2, 0.25) is 0 Å². The average molecular weight is 470 g/mol. The number of benzene rings is 2.